The van der Waals surface area contributed by atoms with E-state index in [2.05, 4.69) is 19.2 Å². The molecule has 0 aromatic rings. The molecule has 0 saturated heterocycles. The third-order valence-corrected chi connectivity index (χ3v) is 4.30. The molecule has 15 heavy (non-hydrogen) atoms. The molecule has 2 fully saturated rings. The zero-order chi connectivity index (χ0) is 10.8. The van der Waals surface area contributed by atoms with Crippen LogP contribution in [0.3, 0.4) is 0 Å². The predicted octanol–water partition coefficient (Wildman–Crippen LogP) is 2.31. The Kier molecular flexibility index (Phi) is 3.68. The lowest BCUT2D eigenvalue weighted by Gasteiger charge is -2.38. The average Bonchev–Trinajstić information content (AvgIpc) is 2.16. The SMILES string of the molecule is CC(C)C1CCC(NC2CC(O)C2)CC1. The van der Waals surface area contributed by atoms with Crippen molar-refractivity contribution in [3.05, 3.63) is 0 Å². The van der Waals surface area contributed by atoms with Gasteiger partial charge in [-0.3, -0.25) is 0 Å². The van der Waals surface area contributed by atoms with E-state index in [1.165, 1.54) is 25.7 Å². The molecule has 2 heteroatoms. The quantitative estimate of drug-likeness (QED) is 0.751. The van der Waals surface area contributed by atoms with E-state index < -0.39 is 0 Å². The standard InChI is InChI=1S/C13H25NO/c1-9(2)10-3-5-11(6-4-10)14-12-7-13(15)8-12/h9-15H,3-8H2,1-2H3. The number of aliphatic hydroxyl groups is 1. The van der Waals surface area contributed by atoms with Crippen molar-refractivity contribution >= 4 is 0 Å². The summed E-state index contributed by atoms with van der Waals surface area (Å²) in [6, 6.07) is 1.35. The molecule has 2 aliphatic carbocycles. The lowest BCUT2D eigenvalue weighted by atomic mass is 9.78. The van der Waals surface area contributed by atoms with Gasteiger partial charge < -0.3 is 10.4 Å². The monoisotopic (exact) mass is 211 g/mol. The molecule has 2 aliphatic rings. The van der Waals surface area contributed by atoms with Gasteiger partial charge in [-0.1, -0.05) is 13.8 Å². The van der Waals surface area contributed by atoms with E-state index in [-0.39, 0.29) is 6.10 Å². The summed E-state index contributed by atoms with van der Waals surface area (Å²) in [4.78, 5) is 0. The maximum absolute atomic E-state index is 9.22. The largest absolute Gasteiger partial charge is 0.393 e. The maximum Gasteiger partial charge on any atom is 0.0570 e. The molecule has 0 atom stereocenters. The van der Waals surface area contributed by atoms with Crippen molar-refractivity contribution in [3.8, 4) is 0 Å². The molecular weight excluding hydrogens is 186 g/mol. The second-order valence-corrected chi connectivity index (χ2v) is 5.84. The minimum atomic E-state index is -0.0190. The Balaban J connectivity index is 1.65. The molecule has 0 amide bonds. The normalized spacial score (nSPS) is 41.6. The van der Waals surface area contributed by atoms with Crippen molar-refractivity contribution in [1.29, 1.82) is 0 Å². The van der Waals surface area contributed by atoms with Gasteiger partial charge in [0.15, 0.2) is 0 Å². The molecule has 0 spiro atoms. The fourth-order valence-corrected chi connectivity index (χ4v) is 3.01. The molecule has 0 aromatic heterocycles. The van der Waals surface area contributed by atoms with Gasteiger partial charge in [-0.25, -0.2) is 0 Å². The molecule has 2 rings (SSSR count). The van der Waals surface area contributed by atoms with Crippen LogP contribution in [-0.2, 0) is 0 Å². The van der Waals surface area contributed by atoms with Crippen molar-refractivity contribution in [2.24, 2.45) is 11.8 Å². The number of hydrogen-bond donors (Lipinski definition) is 2. The lowest BCUT2D eigenvalue weighted by molar-refractivity contribution is 0.0533. The Morgan fingerprint density at radius 3 is 2.07 bits per heavy atom. The minimum absolute atomic E-state index is 0.0190. The Bertz CT molecular complexity index is 191. The van der Waals surface area contributed by atoms with Crippen LogP contribution in [0.25, 0.3) is 0 Å². The zero-order valence-electron chi connectivity index (χ0n) is 10.1. The summed E-state index contributed by atoms with van der Waals surface area (Å²) in [5, 5.41) is 12.9. The maximum atomic E-state index is 9.22. The van der Waals surface area contributed by atoms with Crippen molar-refractivity contribution in [2.45, 2.75) is 70.6 Å². The van der Waals surface area contributed by atoms with Crippen LogP contribution in [0.5, 0.6) is 0 Å². The molecule has 0 heterocycles. The zero-order valence-corrected chi connectivity index (χ0v) is 10.1. The molecule has 2 nitrogen and oxygen atoms in total. The van der Waals surface area contributed by atoms with Gasteiger partial charge in [-0.05, 0) is 50.4 Å². The van der Waals surface area contributed by atoms with E-state index in [4.69, 9.17) is 0 Å². The summed E-state index contributed by atoms with van der Waals surface area (Å²) < 4.78 is 0. The predicted molar refractivity (Wildman–Crippen MR) is 62.7 cm³/mol. The van der Waals surface area contributed by atoms with Gasteiger partial charge in [0.2, 0.25) is 0 Å². The first-order valence-corrected chi connectivity index (χ1v) is 6.59. The first-order chi connectivity index (χ1) is 7.15. The topological polar surface area (TPSA) is 32.3 Å². The first kappa shape index (κ1) is 11.4. The molecule has 2 saturated carbocycles. The highest BCUT2D eigenvalue weighted by atomic mass is 16.3. The van der Waals surface area contributed by atoms with E-state index in [0.717, 1.165) is 30.7 Å². The second kappa shape index (κ2) is 4.84. The number of nitrogens with one attached hydrogen (secondary N) is 1. The third-order valence-electron chi connectivity index (χ3n) is 4.30. The van der Waals surface area contributed by atoms with E-state index in [1.807, 2.05) is 0 Å². The van der Waals surface area contributed by atoms with Gasteiger partial charge in [-0.2, -0.15) is 0 Å². The van der Waals surface area contributed by atoms with Gasteiger partial charge >= 0.3 is 0 Å². The highest BCUT2D eigenvalue weighted by molar-refractivity contribution is 4.89. The van der Waals surface area contributed by atoms with Crippen LogP contribution in [0.2, 0.25) is 0 Å². The molecule has 0 aliphatic heterocycles. The van der Waals surface area contributed by atoms with Crippen molar-refractivity contribution in [1.82, 2.24) is 5.32 Å². The lowest BCUT2D eigenvalue weighted by Crippen LogP contribution is -2.49. The molecule has 0 aromatic carbocycles. The van der Waals surface area contributed by atoms with Gasteiger partial charge in [0, 0.05) is 12.1 Å². The van der Waals surface area contributed by atoms with E-state index in [9.17, 15) is 5.11 Å². The van der Waals surface area contributed by atoms with E-state index in [0.29, 0.717) is 6.04 Å². The molecule has 2 N–H and O–H groups in total. The second-order valence-electron chi connectivity index (χ2n) is 5.84. The van der Waals surface area contributed by atoms with Crippen LogP contribution >= 0.6 is 0 Å². The Morgan fingerprint density at radius 1 is 1.00 bits per heavy atom. The third kappa shape index (κ3) is 2.94. The Labute approximate surface area is 93.5 Å². The Hall–Kier alpha value is -0.0800. The number of aliphatic hydroxyl groups excluding tert-OH is 1. The molecule has 88 valence electrons. The van der Waals surface area contributed by atoms with Crippen molar-refractivity contribution in [2.75, 3.05) is 0 Å². The first-order valence-electron chi connectivity index (χ1n) is 6.59. The fraction of sp³-hybridized carbons (Fsp3) is 1.00. The average molecular weight is 211 g/mol. The number of hydrogen-bond acceptors (Lipinski definition) is 2. The van der Waals surface area contributed by atoms with Gasteiger partial charge in [-0.15, -0.1) is 0 Å². The molecule has 0 bridgehead atoms. The van der Waals surface area contributed by atoms with Crippen LogP contribution in [0, 0.1) is 11.8 Å². The molecular formula is C13H25NO. The van der Waals surface area contributed by atoms with Gasteiger partial charge in [0.25, 0.3) is 0 Å². The van der Waals surface area contributed by atoms with Crippen LogP contribution in [0.4, 0.5) is 0 Å². The highest BCUT2D eigenvalue weighted by Gasteiger charge is 2.30. The summed E-state index contributed by atoms with van der Waals surface area (Å²) in [5.41, 5.74) is 0. The molecule has 0 radical (unpaired) electrons. The number of rotatable bonds is 3. The fourth-order valence-electron chi connectivity index (χ4n) is 3.01. The summed E-state index contributed by atoms with van der Waals surface area (Å²) in [6.45, 7) is 4.70. The van der Waals surface area contributed by atoms with Crippen LogP contribution in [-0.4, -0.2) is 23.3 Å². The summed E-state index contributed by atoms with van der Waals surface area (Å²) in [7, 11) is 0. The Morgan fingerprint density at radius 2 is 1.60 bits per heavy atom. The van der Waals surface area contributed by atoms with Crippen LogP contribution in [0.1, 0.15) is 52.4 Å². The van der Waals surface area contributed by atoms with Gasteiger partial charge in [0.05, 0.1) is 6.10 Å². The smallest absolute Gasteiger partial charge is 0.0570 e. The summed E-state index contributed by atoms with van der Waals surface area (Å²) in [5.74, 6) is 1.81. The van der Waals surface area contributed by atoms with Crippen molar-refractivity contribution < 1.29 is 5.11 Å². The summed E-state index contributed by atoms with van der Waals surface area (Å²) in [6.07, 6.45) is 7.41. The van der Waals surface area contributed by atoms with E-state index >= 15 is 0 Å². The molecule has 0 unspecified atom stereocenters. The highest BCUT2D eigenvalue weighted by Crippen LogP contribution is 2.31. The summed E-state index contributed by atoms with van der Waals surface area (Å²) >= 11 is 0. The van der Waals surface area contributed by atoms with Crippen molar-refractivity contribution in [3.63, 3.8) is 0 Å². The van der Waals surface area contributed by atoms with Crippen LogP contribution < -0.4 is 5.32 Å². The minimum Gasteiger partial charge on any atom is -0.393 e. The van der Waals surface area contributed by atoms with Gasteiger partial charge in [0.1, 0.15) is 0 Å². The van der Waals surface area contributed by atoms with E-state index in [1.54, 1.807) is 0 Å². The van der Waals surface area contributed by atoms with Crippen LogP contribution in [0.15, 0.2) is 0 Å².